The molecule has 2 heterocycles. The van der Waals surface area contributed by atoms with Gasteiger partial charge >= 0.3 is 6.29 Å². The first-order valence-electron chi connectivity index (χ1n) is 5.69. The molecule has 0 radical (unpaired) electrons. The molecule has 0 fully saturated rings. The Hall–Kier alpha value is -2.31. The molecule has 0 saturated heterocycles. The first-order chi connectivity index (χ1) is 9.03. The molecule has 7 heteroatoms. The van der Waals surface area contributed by atoms with E-state index in [0.717, 1.165) is 5.69 Å². The molecule has 0 aliphatic carbocycles. The van der Waals surface area contributed by atoms with E-state index in [2.05, 4.69) is 25.0 Å². The Bertz CT molecular complexity index is 587. The summed E-state index contributed by atoms with van der Waals surface area (Å²) in [7, 11) is 0. The minimum absolute atomic E-state index is 0.0202. The number of nitrogens with zero attached hydrogens (tertiary/aromatic N) is 1. The van der Waals surface area contributed by atoms with Crippen molar-refractivity contribution >= 4 is 5.69 Å². The van der Waals surface area contributed by atoms with Gasteiger partial charge in [0.1, 0.15) is 0 Å². The van der Waals surface area contributed by atoms with Gasteiger partial charge in [0.2, 0.25) is 0 Å². The van der Waals surface area contributed by atoms with Crippen molar-refractivity contribution in [2.45, 2.75) is 19.3 Å². The zero-order valence-electron chi connectivity index (χ0n) is 9.98. The van der Waals surface area contributed by atoms with E-state index >= 15 is 0 Å². The van der Waals surface area contributed by atoms with Gasteiger partial charge in [-0.2, -0.15) is 5.10 Å². The third-order valence-corrected chi connectivity index (χ3v) is 2.77. The largest absolute Gasteiger partial charge is 0.586 e. The van der Waals surface area contributed by atoms with Crippen LogP contribution < -0.4 is 14.8 Å². The lowest BCUT2D eigenvalue weighted by Crippen LogP contribution is -2.25. The predicted octanol–water partition coefficient (Wildman–Crippen LogP) is 2.90. The number of rotatable bonds is 3. The van der Waals surface area contributed by atoms with Crippen molar-refractivity contribution < 1.29 is 18.3 Å². The molecule has 1 atom stereocenters. The highest BCUT2D eigenvalue weighted by molar-refractivity contribution is 5.56. The SMILES string of the molecule is CC(Nc1ccc2c(c1)OC(F)(F)O2)c1ccn[nH]1. The van der Waals surface area contributed by atoms with Crippen LogP contribution in [0.1, 0.15) is 18.7 Å². The second kappa shape index (κ2) is 4.11. The molecule has 0 spiro atoms. The van der Waals surface area contributed by atoms with Crippen LogP contribution in [-0.4, -0.2) is 16.5 Å². The molecule has 2 N–H and O–H groups in total. The van der Waals surface area contributed by atoms with E-state index in [-0.39, 0.29) is 17.5 Å². The van der Waals surface area contributed by atoms with Crippen LogP contribution in [0.3, 0.4) is 0 Å². The summed E-state index contributed by atoms with van der Waals surface area (Å²) in [5.41, 5.74) is 1.55. The summed E-state index contributed by atoms with van der Waals surface area (Å²) in [6.07, 6.45) is -1.94. The van der Waals surface area contributed by atoms with Gasteiger partial charge in [-0.25, -0.2) is 0 Å². The molecule has 1 aliphatic rings. The van der Waals surface area contributed by atoms with Crippen LogP contribution in [0.2, 0.25) is 0 Å². The molecule has 0 saturated carbocycles. The number of anilines is 1. The van der Waals surface area contributed by atoms with Gasteiger partial charge in [0.15, 0.2) is 11.5 Å². The molecule has 100 valence electrons. The summed E-state index contributed by atoms with van der Waals surface area (Å²) in [4.78, 5) is 0. The monoisotopic (exact) mass is 267 g/mol. The molecule has 1 aliphatic heterocycles. The number of nitrogens with one attached hydrogen (secondary N) is 2. The molecule has 1 aromatic carbocycles. The normalized spacial score (nSPS) is 17.2. The quantitative estimate of drug-likeness (QED) is 0.897. The number of benzene rings is 1. The fraction of sp³-hybridized carbons (Fsp3) is 0.250. The summed E-state index contributed by atoms with van der Waals surface area (Å²) in [5, 5.41) is 9.84. The minimum atomic E-state index is -3.59. The number of fused-ring (bicyclic) bond motifs is 1. The number of aromatic amines is 1. The lowest BCUT2D eigenvalue weighted by Gasteiger charge is -2.13. The number of hydrogen-bond donors (Lipinski definition) is 2. The molecule has 5 nitrogen and oxygen atoms in total. The zero-order valence-corrected chi connectivity index (χ0v) is 9.98. The van der Waals surface area contributed by atoms with Crippen molar-refractivity contribution in [3.05, 3.63) is 36.2 Å². The van der Waals surface area contributed by atoms with Crippen molar-refractivity contribution in [3.63, 3.8) is 0 Å². The highest BCUT2D eigenvalue weighted by Gasteiger charge is 2.43. The van der Waals surface area contributed by atoms with Crippen LogP contribution in [0.5, 0.6) is 11.5 Å². The number of hydrogen-bond acceptors (Lipinski definition) is 4. The zero-order chi connectivity index (χ0) is 13.5. The third-order valence-electron chi connectivity index (χ3n) is 2.77. The van der Waals surface area contributed by atoms with Gasteiger partial charge in [-0.1, -0.05) is 0 Å². The predicted molar refractivity (Wildman–Crippen MR) is 63.3 cm³/mol. The van der Waals surface area contributed by atoms with E-state index in [9.17, 15) is 8.78 Å². The van der Waals surface area contributed by atoms with Crippen LogP contribution in [0.15, 0.2) is 30.5 Å². The van der Waals surface area contributed by atoms with Crippen molar-refractivity contribution in [1.29, 1.82) is 0 Å². The van der Waals surface area contributed by atoms with Gasteiger partial charge < -0.3 is 14.8 Å². The molecule has 1 unspecified atom stereocenters. The van der Waals surface area contributed by atoms with E-state index in [0.29, 0.717) is 5.69 Å². The fourth-order valence-corrected chi connectivity index (χ4v) is 1.87. The Morgan fingerprint density at radius 1 is 1.26 bits per heavy atom. The Labute approximate surface area is 107 Å². The topological polar surface area (TPSA) is 59.2 Å². The van der Waals surface area contributed by atoms with E-state index in [1.807, 2.05) is 13.0 Å². The highest BCUT2D eigenvalue weighted by Crippen LogP contribution is 2.42. The maximum atomic E-state index is 12.9. The second-order valence-corrected chi connectivity index (χ2v) is 4.21. The van der Waals surface area contributed by atoms with Gasteiger partial charge in [-0.05, 0) is 25.1 Å². The minimum Gasteiger partial charge on any atom is -0.395 e. The number of aromatic nitrogens is 2. The van der Waals surface area contributed by atoms with E-state index in [1.165, 1.54) is 12.1 Å². The number of H-pyrrole nitrogens is 1. The van der Waals surface area contributed by atoms with Crippen LogP contribution in [0, 0.1) is 0 Å². The smallest absolute Gasteiger partial charge is 0.395 e. The molecule has 1 aromatic heterocycles. The van der Waals surface area contributed by atoms with Crippen LogP contribution in [0.4, 0.5) is 14.5 Å². The second-order valence-electron chi connectivity index (χ2n) is 4.21. The third kappa shape index (κ3) is 2.31. The standard InChI is InChI=1S/C12H11F2N3O2/c1-7(9-4-5-15-17-9)16-8-2-3-10-11(6-8)19-12(13,14)18-10/h2-7,16H,1H3,(H,15,17). The molecule has 2 aromatic rings. The lowest BCUT2D eigenvalue weighted by atomic mass is 10.2. The summed E-state index contributed by atoms with van der Waals surface area (Å²) >= 11 is 0. The summed E-state index contributed by atoms with van der Waals surface area (Å²) in [6, 6.07) is 6.36. The van der Waals surface area contributed by atoms with Gasteiger partial charge in [0.25, 0.3) is 0 Å². The summed E-state index contributed by atoms with van der Waals surface area (Å²) in [5.74, 6) is 0.0524. The van der Waals surface area contributed by atoms with Crippen molar-refractivity contribution in [3.8, 4) is 11.5 Å². The van der Waals surface area contributed by atoms with E-state index in [1.54, 1.807) is 12.3 Å². The Balaban J connectivity index is 1.77. The average Bonchev–Trinajstić information content (AvgIpc) is 2.93. The van der Waals surface area contributed by atoms with Crippen LogP contribution in [-0.2, 0) is 0 Å². The molecular weight excluding hydrogens is 256 g/mol. The Morgan fingerprint density at radius 2 is 2.05 bits per heavy atom. The summed E-state index contributed by atoms with van der Waals surface area (Å²) in [6.45, 7) is 1.92. The fourth-order valence-electron chi connectivity index (χ4n) is 1.87. The van der Waals surface area contributed by atoms with E-state index in [4.69, 9.17) is 0 Å². The first kappa shape index (κ1) is 11.8. The van der Waals surface area contributed by atoms with Crippen molar-refractivity contribution in [2.24, 2.45) is 0 Å². The highest BCUT2D eigenvalue weighted by atomic mass is 19.3. The van der Waals surface area contributed by atoms with Gasteiger partial charge in [0.05, 0.1) is 11.7 Å². The molecule has 0 amide bonds. The number of ether oxygens (including phenoxy) is 2. The molecular formula is C12H11F2N3O2. The first-order valence-corrected chi connectivity index (χ1v) is 5.69. The van der Waals surface area contributed by atoms with Crippen LogP contribution in [0.25, 0.3) is 0 Å². The molecule has 19 heavy (non-hydrogen) atoms. The maximum absolute atomic E-state index is 12.9. The number of alkyl halides is 2. The van der Waals surface area contributed by atoms with Gasteiger partial charge in [-0.3, -0.25) is 5.10 Å². The van der Waals surface area contributed by atoms with Crippen LogP contribution >= 0.6 is 0 Å². The lowest BCUT2D eigenvalue weighted by molar-refractivity contribution is -0.286. The molecule has 3 rings (SSSR count). The van der Waals surface area contributed by atoms with E-state index < -0.39 is 6.29 Å². The van der Waals surface area contributed by atoms with Crippen molar-refractivity contribution in [1.82, 2.24) is 10.2 Å². The Morgan fingerprint density at radius 3 is 2.79 bits per heavy atom. The Kier molecular flexibility index (Phi) is 2.55. The number of halogens is 2. The maximum Gasteiger partial charge on any atom is 0.586 e. The van der Waals surface area contributed by atoms with Gasteiger partial charge in [0, 0.05) is 18.0 Å². The average molecular weight is 267 g/mol. The summed E-state index contributed by atoms with van der Waals surface area (Å²) < 4.78 is 34.5. The van der Waals surface area contributed by atoms with Gasteiger partial charge in [-0.15, -0.1) is 8.78 Å². The van der Waals surface area contributed by atoms with Crippen molar-refractivity contribution in [2.75, 3.05) is 5.32 Å². The molecule has 0 bridgehead atoms.